The molecular formula is C31H38N4O4. The van der Waals surface area contributed by atoms with Gasteiger partial charge in [0.25, 0.3) is 0 Å². The monoisotopic (exact) mass is 530 g/mol. The molecule has 2 saturated heterocycles. The quantitative estimate of drug-likeness (QED) is 0.518. The van der Waals surface area contributed by atoms with Crippen LogP contribution in [0.5, 0.6) is 0 Å². The first-order valence-electron chi connectivity index (χ1n) is 14.6. The van der Waals surface area contributed by atoms with Crippen LogP contribution >= 0.6 is 0 Å². The maximum Gasteiger partial charge on any atom is 0.329 e. The molecular weight excluding hydrogens is 492 g/mol. The number of aliphatic carboxylic acids is 1. The smallest absolute Gasteiger partial charge is 0.329 e. The molecule has 4 amide bonds. The van der Waals surface area contributed by atoms with Crippen molar-refractivity contribution in [2.75, 3.05) is 18.0 Å². The molecule has 0 radical (unpaired) electrons. The SMILES string of the molecule is O=C(O)[C@@H]1[C@H]2CCC(CN1C(=O)N(c1ccccc1)c1ccccc1)N2C(=O)N(CC1CCCCC1)C1CC1. The highest BCUT2D eigenvalue weighted by Crippen LogP contribution is 2.40. The van der Waals surface area contributed by atoms with Crippen molar-refractivity contribution in [1.82, 2.24) is 14.7 Å². The summed E-state index contributed by atoms with van der Waals surface area (Å²) >= 11 is 0. The fraction of sp³-hybridized carbons (Fsp3) is 0.516. The predicted octanol–water partition coefficient (Wildman–Crippen LogP) is 5.71. The van der Waals surface area contributed by atoms with E-state index in [9.17, 15) is 19.5 Å². The van der Waals surface area contributed by atoms with E-state index in [0.29, 0.717) is 30.1 Å². The number of carbonyl (C=O) groups excluding carboxylic acids is 2. The van der Waals surface area contributed by atoms with Crippen LogP contribution in [0.4, 0.5) is 21.0 Å². The average Bonchev–Trinajstić information content (AvgIpc) is 3.76. The van der Waals surface area contributed by atoms with E-state index in [4.69, 9.17) is 0 Å². The largest absolute Gasteiger partial charge is 0.480 e. The highest BCUT2D eigenvalue weighted by atomic mass is 16.4. The molecule has 0 spiro atoms. The van der Waals surface area contributed by atoms with Gasteiger partial charge in [-0.05, 0) is 68.7 Å². The topological polar surface area (TPSA) is 84.4 Å². The van der Waals surface area contributed by atoms with E-state index in [0.717, 1.165) is 32.2 Å². The van der Waals surface area contributed by atoms with E-state index in [-0.39, 0.29) is 30.7 Å². The summed E-state index contributed by atoms with van der Waals surface area (Å²) < 4.78 is 0. The van der Waals surface area contributed by atoms with Gasteiger partial charge in [-0.25, -0.2) is 14.4 Å². The minimum atomic E-state index is -1.09. The average molecular weight is 531 g/mol. The number of urea groups is 2. The first-order chi connectivity index (χ1) is 19.0. The number of hydrogen-bond acceptors (Lipinski definition) is 3. The molecule has 2 saturated carbocycles. The second kappa shape index (κ2) is 10.9. The van der Waals surface area contributed by atoms with Crippen molar-refractivity contribution in [3.05, 3.63) is 60.7 Å². The number of fused-ring (bicyclic) bond motifs is 2. The van der Waals surface area contributed by atoms with Gasteiger partial charge < -0.3 is 19.8 Å². The number of piperazine rings is 1. The second-order valence-corrected chi connectivity index (χ2v) is 11.6. The number of benzene rings is 2. The molecule has 4 fully saturated rings. The summed E-state index contributed by atoms with van der Waals surface area (Å²) in [6, 6.07) is 16.8. The normalized spacial score (nSPS) is 24.9. The van der Waals surface area contributed by atoms with Gasteiger partial charge in [-0.15, -0.1) is 0 Å². The lowest BCUT2D eigenvalue weighted by atomic mass is 9.89. The fourth-order valence-electron chi connectivity index (χ4n) is 6.96. The summed E-state index contributed by atoms with van der Waals surface area (Å²) in [6.45, 7) is 0.992. The minimum absolute atomic E-state index is 0.0168. The molecule has 2 aromatic rings. The number of rotatable bonds is 6. The van der Waals surface area contributed by atoms with E-state index >= 15 is 0 Å². The van der Waals surface area contributed by atoms with Gasteiger partial charge in [-0.2, -0.15) is 0 Å². The molecule has 206 valence electrons. The lowest BCUT2D eigenvalue weighted by Gasteiger charge is -2.47. The summed E-state index contributed by atoms with van der Waals surface area (Å²) in [5.41, 5.74) is 1.35. The molecule has 3 atom stereocenters. The summed E-state index contributed by atoms with van der Waals surface area (Å²) in [7, 11) is 0. The minimum Gasteiger partial charge on any atom is -0.480 e. The van der Waals surface area contributed by atoms with Gasteiger partial charge in [0, 0.05) is 19.1 Å². The third-order valence-corrected chi connectivity index (χ3v) is 9.01. The van der Waals surface area contributed by atoms with Crippen molar-refractivity contribution < 1.29 is 19.5 Å². The molecule has 2 heterocycles. The van der Waals surface area contributed by atoms with Crippen LogP contribution in [0.15, 0.2) is 60.7 Å². The number of nitrogens with zero attached hydrogens (tertiary/aromatic N) is 4. The van der Waals surface area contributed by atoms with Gasteiger partial charge in [-0.3, -0.25) is 4.90 Å². The summed E-state index contributed by atoms with van der Waals surface area (Å²) in [6.07, 6.45) is 9.41. The van der Waals surface area contributed by atoms with Crippen LogP contribution < -0.4 is 4.90 Å². The van der Waals surface area contributed by atoms with E-state index in [1.807, 2.05) is 65.6 Å². The van der Waals surface area contributed by atoms with Gasteiger partial charge in [0.2, 0.25) is 0 Å². The zero-order valence-electron chi connectivity index (χ0n) is 22.4. The first-order valence-corrected chi connectivity index (χ1v) is 14.6. The van der Waals surface area contributed by atoms with E-state index in [1.165, 1.54) is 24.2 Å². The van der Waals surface area contributed by atoms with Crippen LogP contribution in [-0.4, -0.2) is 75.1 Å². The highest BCUT2D eigenvalue weighted by Gasteiger charge is 2.55. The lowest BCUT2D eigenvalue weighted by Crippen LogP contribution is -2.67. The van der Waals surface area contributed by atoms with Crippen molar-refractivity contribution in [2.24, 2.45) is 5.92 Å². The van der Waals surface area contributed by atoms with Gasteiger partial charge in [-0.1, -0.05) is 55.7 Å². The molecule has 4 aliphatic rings. The predicted molar refractivity (Wildman–Crippen MR) is 149 cm³/mol. The van der Waals surface area contributed by atoms with Crippen molar-refractivity contribution in [2.45, 2.75) is 82.0 Å². The number of hydrogen-bond donors (Lipinski definition) is 1. The highest BCUT2D eigenvalue weighted by molar-refractivity contribution is 6.01. The Morgan fingerprint density at radius 3 is 1.95 bits per heavy atom. The number of amides is 4. The molecule has 6 rings (SSSR count). The van der Waals surface area contributed by atoms with Crippen LogP contribution in [0.1, 0.15) is 57.8 Å². The Kier molecular flexibility index (Phi) is 7.19. The van der Waals surface area contributed by atoms with Crippen LogP contribution in [0.25, 0.3) is 0 Å². The van der Waals surface area contributed by atoms with Crippen molar-refractivity contribution in [3.63, 3.8) is 0 Å². The molecule has 2 aromatic carbocycles. The maximum atomic E-state index is 14.2. The molecule has 2 aliphatic heterocycles. The van der Waals surface area contributed by atoms with Gasteiger partial charge in [0.05, 0.1) is 23.5 Å². The number of carbonyl (C=O) groups is 3. The summed E-state index contributed by atoms with van der Waals surface area (Å²) in [5, 5.41) is 10.5. The summed E-state index contributed by atoms with van der Waals surface area (Å²) in [4.78, 5) is 48.1. The van der Waals surface area contributed by atoms with Crippen molar-refractivity contribution in [1.29, 1.82) is 0 Å². The Labute approximate surface area is 230 Å². The van der Waals surface area contributed by atoms with Gasteiger partial charge >= 0.3 is 18.0 Å². The Morgan fingerprint density at radius 2 is 1.38 bits per heavy atom. The van der Waals surface area contributed by atoms with Crippen LogP contribution in [0.3, 0.4) is 0 Å². The Morgan fingerprint density at radius 1 is 0.769 bits per heavy atom. The van der Waals surface area contributed by atoms with Crippen LogP contribution in [0.2, 0.25) is 0 Å². The Hall–Kier alpha value is -3.55. The molecule has 1 N–H and O–H groups in total. The molecule has 2 aliphatic carbocycles. The molecule has 8 nitrogen and oxygen atoms in total. The molecule has 39 heavy (non-hydrogen) atoms. The second-order valence-electron chi connectivity index (χ2n) is 11.6. The number of carboxylic acids is 1. The van der Waals surface area contributed by atoms with Crippen molar-refractivity contribution >= 4 is 29.4 Å². The third kappa shape index (κ3) is 5.09. The van der Waals surface area contributed by atoms with Crippen LogP contribution in [-0.2, 0) is 4.79 Å². The molecule has 1 unspecified atom stereocenters. The van der Waals surface area contributed by atoms with E-state index in [2.05, 4.69) is 4.90 Å². The molecule has 0 aromatic heterocycles. The standard InChI is InChI=1S/C31H38N4O4/c36-29(37)28-27-19-18-26(35(27)30(38)32(23-16-17-23)20-22-10-4-1-5-11-22)21-33(28)31(39)34(24-12-6-2-7-13-24)25-14-8-3-9-15-25/h2-3,6-9,12-15,22-23,26-28H,1,4-5,10-11,16-21H2,(H,36,37)/t26?,27-,28+/m1/s1. The lowest BCUT2D eigenvalue weighted by molar-refractivity contribution is -0.145. The molecule has 8 heteroatoms. The van der Waals surface area contributed by atoms with Gasteiger partial charge in [0.1, 0.15) is 0 Å². The zero-order valence-corrected chi connectivity index (χ0v) is 22.4. The van der Waals surface area contributed by atoms with E-state index < -0.39 is 18.1 Å². The zero-order chi connectivity index (χ0) is 26.9. The summed E-state index contributed by atoms with van der Waals surface area (Å²) in [5.74, 6) is -0.526. The number of carboxylic acid groups (broad SMARTS) is 1. The molecule has 2 bridgehead atoms. The van der Waals surface area contributed by atoms with Gasteiger partial charge in [0.15, 0.2) is 6.04 Å². The van der Waals surface area contributed by atoms with E-state index in [1.54, 1.807) is 4.90 Å². The Balaban J connectivity index is 1.28. The third-order valence-electron chi connectivity index (χ3n) is 9.01. The Bertz CT molecular complexity index is 1140. The first kappa shape index (κ1) is 25.7. The number of anilines is 2. The van der Waals surface area contributed by atoms with Crippen LogP contribution in [0, 0.1) is 5.92 Å². The number of likely N-dealkylation sites (tertiary alicyclic amines) is 1. The van der Waals surface area contributed by atoms with Crippen molar-refractivity contribution in [3.8, 4) is 0 Å². The number of para-hydroxylation sites is 2. The fourth-order valence-corrected chi connectivity index (χ4v) is 6.96. The maximum absolute atomic E-state index is 14.2.